The van der Waals surface area contributed by atoms with E-state index in [1.807, 2.05) is 0 Å². The van der Waals surface area contributed by atoms with E-state index in [0.29, 0.717) is 0 Å². The smallest absolute Gasteiger partial charge is 0.0497 e. The molecular formula is C13H14BrNS. The Bertz CT molecular complexity index is 490. The number of aryl methyl sites for hydroxylation is 2. The SMILES string of the molecule is Cc1ccc(Br)c(NCc2sccc2C)c1. The second kappa shape index (κ2) is 5.02. The average Bonchev–Trinajstić information content (AvgIpc) is 2.66. The third-order valence-electron chi connectivity index (χ3n) is 2.53. The van der Waals surface area contributed by atoms with E-state index in [4.69, 9.17) is 0 Å². The van der Waals surface area contributed by atoms with E-state index in [1.165, 1.54) is 16.0 Å². The molecule has 0 aliphatic rings. The Balaban J connectivity index is 2.10. The van der Waals surface area contributed by atoms with Crippen LogP contribution in [-0.2, 0) is 6.54 Å². The molecule has 0 bridgehead atoms. The molecule has 0 spiro atoms. The number of halogens is 1. The molecule has 2 aromatic rings. The van der Waals surface area contributed by atoms with E-state index >= 15 is 0 Å². The molecule has 0 aliphatic heterocycles. The second-order valence-electron chi connectivity index (χ2n) is 3.86. The summed E-state index contributed by atoms with van der Waals surface area (Å²) in [5, 5.41) is 5.60. The second-order valence-corrected chi connectivity index (χ2v) is 5.72. The molecule has 1 nitrogen and oxygen atoms in total. The number of rotatable bonds is 3. The van der Waals surface area contributed by atoms with E-state index in [9.17, 15) is 0 Å². The summed E-state index contributed by atoms with van der Waals surface area (Å²) < 4.78 is 1.12. The number of thiophene rings is 1. The molecule has 1 N–H and O–H groups in total. The standard InChI is InChI=1S/C13H14BrNS/c1-9-3-4-11(14)12(7-9)15-8-13-10(2)5-6-16-13/h3-7,15H,8H2,1-2H3. The highest BCUT2D eigenvalue weighted by atomic mass is 79.9. The van der Waals surface area contributed by atoms with Gasteiger partial charge in [-0.25, -0.2) is 0 Å². The molecule has 84 valence electrons. The zero-order chi connectivity index (χ0) is 11.5. The van der Waals surface area contributed by atoms with Crippen LogP contribution in [0, 0.1) is 13.8 Å². The molecule has 3 heteroatoms. The predicted octanol–water partition coefficient (Wildman–Crippen LogP) is 4.74. The minimum absolute atomic E-state index is 0.894. The van der Waals surface area contributed by atoms with Gasteiger partial charge >= 0.3 is 0 Å². The quantitative estimate of drug-likeness (QED) is 0.862. The van der Waals surface area contributed by atoms with Gasteiger partial charge in [-0.05, 0) is 64.5 Å². The van der Waals surface area contributed by atoms with Crippen LogP contribution >= 0.6 is 27.3 Å². The molecule has 0 aliphatic carbocycles. The van der Waals surface area contributed by atoms with Crippen LogP contribution in [0.1, 0.15) is 16.0 Å². The lowest BCUT2D eigenvalue weighted by Gasteiger charge is -2.09. The normalized spacial score (nSPS) is 10.4. The number of nitrogens with one attached hydrogen (secondary N) is 1. The topological polar surface area (TPSA) is 12.0 Å². The average molecular weight is 296 g/mol. The zero-order valence-electron chi connectivity index (χ0n) is 9.38. The molecule has 1 heterocycles. The minimum Gasteiger partial charge on any atom is -0.379 e. The van der Waals surface area contributed by atoms with Crippen molar-refractivity contribution in [2.45, 2.75) is 20.4 Å². The zero-order valence-corrected chi connectivity index (χ0v) is 11.8. The van der Waals surface area contributed by atoms with Crippen LogP contribution in [0.15, 0.2) is 34.1 Å². The summed E-state index contributed by atoms with van der Waals surface area (Å²) in [6.07, 6.45) is 0. The summed E-state index contributed by atoms with van der Waals surface area (Å²) in [7, 11) is 0. The minimum atomic E-state index is 0.894. The Hall–Kier alpha value is -0.800. The molecule has 16 heavy (non-hydrogen) atoms. The van der Waals surface area contributed by atoms with Crippen LogP contribution in [0.4, 0.5) is 5.69 Å². The maximum atomic E-state index is 3.55. The maximum absolute atomic E-state index is 3.55. The Morgan fingerprint density at radius 2 is 2.06 bits per heavy atom. The molecule has 1 aromatic heterocycles. The third kappa shape index (κ3) is 2.66. The van der Waals surface area contributed by atoms with Gasteiger partial charge in [-0.2, -0.15) is 0 Å². The molecule has 0 saturated heterocycles. The molecule has 0 fully saturated rings. The third-order valence-corrected chi connectivity index (χ3v) is 4.24. The molecule has 1 aromatic carbocycles. The van der Waals surface area contributed by atoms with E-state index in [2.05, 4.69) is 64.7 Å². The van der Waals surface area contributed by atoms with Crippen LogP contribution in [0.5, 0.6) is 0 Å². The first-order valence-corrected chi connectivity index (χ1v) is 6.87. The van der Waals surface area contributed by atoms with Crippen LogP contribution in [0.25, 0.3) is 0 Å². The fourth-order valence-electron chi connectivity index (χ4n) is 1.54. The van der Waals surface area contributed by atoms with Crippen LogP contribution in [0.3, 0.4) is 0 Å². The summed E-state index contributed by atoms with van der Waals surface area (Å²) >= 11 is 5.36. The van der Waals surface area contributed by atoms with Crippen molar-refractivity contribution in [3.05, 3.63) is 50.1 Å². The summed E-state index contributed by atoms with van der Waals surface area (Å²) in [5.41, 5.74) is 3.79. The maximum Gasteiger partial charge on any atom is 0.0497 e. The number of benzene rings is 1. The summed E-state index contributed by atoms with van der Waals surface area (Å²) in [5.74, 6) is 0. The van der Waals surface area contributed by atoms with Gasteiger partial charge in [-0.3, -0.25) is 0 Å². The van der Waals surface area contributed by atoms with Crippen molar-refractivity contribution < 1.29 is 0 Å². The molecule has 0 saturated carbocycles. The van der Waals surface area contributed by atoms with Crippen LogP contribution in [0.2, 0.25) is 0 Å². The number of hydrogen-bond acceptors (Lipinski definition) is 2. The first-order valence-electron chi connectivity index (χ1n) is 5.20. The molecule has 0 atom stereocenters. The van der Waals surface area contributed by atoms with Gasteiger partial charge in [0.2, 0.25) is 0 Å². The lowest BCUT2D eigenvalue weighted by atomic mass is 10.2. The summed E-state index contributed by atoms with van der Waals surface area (Å²) in [6.45, 7) is 5.15. The monoisotopic (exact) mass is 295 g/mol. The van der Waals surface area contributed by atoms with E-state index < -0.39 is 0 Å². The van der Waals surface area contributed by atoms with Gasteiger partial charge in [-0.1, -0.05) is 6.07 Å². The van der Waals surface area contributed by atoms with Crippen LogP contribution in [-0.4, -0.2) is 0 Å². The lowest BCUT2D eigenvalue weighted by Crippen LogP contribution is -1.99. The highest BCUT2D eigenvalue weighted by molar-refractivity contribution is 9.10. The van der Waals surface area contributed by atoms with E-state index in [0.717, 1.165) is 16.7 Å². The lowest BCUT2D eigenvalue weighted by molar-refractivity contribution is 1.16. The summed E-state index contributed by atoms with van der Waals surface area (Å²) in [4.78, 5) is 1.40. The Morgan fingerprint density at radius 3 is 2.75 bits per heavy atom. The van der Waals surface area contributed by atoms with Crippen molar-refractivity contribution in [3.8, 4) is 0 Å². The van der Waals surface area contributed by atoms with Crippen molar-refractivity contribution in [1.82, 2.24) is 0 Å². The first-order chi connectivity index (χ1) is 7.66. The Labute approximate surface area is 109 Å². The van der Waals surface area contributed by atoms with Gasteiger partial charge in [-0.15, -0.1) is 11.3 Å². The largest absolute Gasteiger partial charge is 0.379 e. The van der Waals surface area contributed by atoms with Crippen molar-refractivity contribution in [2.24, 2.45) is 0 Å². The number of anilines is 1. The first kappa shape index (κ1) is 11.7. The predicted molar refractivity (Wildman–Crippen MR) is 75.3 cm³/mol. The fraction of sp³-hybridized carbons (Fsp3) is 0.231. The van der Waals surface area contributed by atoms with E-state index in [1.54, 1.807) is 11.3 Å². The molecule has 2 rings (SSSR count). The fourth-order valence-corrected chi connectivity index (χ4v) is 2.77. The van der Waals surface area contributed by atoms with Gasteiger partial charge in [0.15, 0.2) is 0 Å². The molecule has 0 radical (unpaired) electrons. The number of hydrogen-bond donors (Lipinski definition) is 1. The van der Waals surface area contributed by atoms with Gasteiger partial charge in [0.25, 0.3) is 0 Å². The molecule has 0 unspecified atom stereocenters. The van der Waals surface area contributed by atoms with Crippen molar-refractivity contribution in [1.29, 1.82) is 0 Å². The highest BCUT2D eigenvalue weighted by Crippen LogP contribution is 2.25. The van der Waals surface area contributed by atoms with Gasteiger partial charge in [0.1, 0.15) is 0 Å². The summed E-state index contributed by atoms with van der Waals surface area (Å²) in [6, 6.07) is 8.50. The van der Waals surface area contributed by atoms with Crippen molar-refractivity contribution >= 4 is 33.0 Å². The van der Waals surface area contributed by atoms with Crippen LogP contribution < -0.4 is 5.32 Å². The van der Waals surface area contributed by atoms with Gasteiger partial charge in [0, 0.05) is 21.6 Å². The molecule has 0 amide bonds. The van der Waals surface area contributed by atoms with Crippen molar-refractivity contribution in [2.75, 3.05) is 5.32 Å². The van der Waals surface area contributed by atoms with Gasteiger partial charge < -0.3 is 5.32 Å². The Kier molecular flexibility index (Phi) is 3.66. The van der Waals surface area contributed by atoms with Gasteiger partial charge in [0.05, 0.1) is 0 Å². The highest BCUT2D eigenvalue weighted by Gasteiger charge is 2.02. The van der Waals surface area contributed by atoms with E-state index in [-0.39, 0.29) is 0 Å². The molecular weight excluding hydrogens is 282 g/mol. The van der Waals surface area contributed by atoms with Crippen molar-refractivity contribution in [3.63, 3.8) is 0 Å². The Morgan fingerprint density at radius 1 is 1.25 bits per heavy atom.